The summed E-state index contributed by atoms with van der Waals surface area (Å²) < 4.78 is 0. The van der Waals surface area contributed by atoms with E-state index in [1.165, 1.54) is 25.9 Å². The van der Waals surface area contributed by atoms with Crippen LogP contribution < -0.4 is 10.6 Å². The van der Waals surface area contributed by atoms with Crippen molar-refractivity contribution in [1.29, 1.82) is 0 Å². The van der Waals surface area contributed by atoms with Gasteiger partial charge in [0, 0.05) is 31.7 Å². The standard InChI is InChI=1S/C14H31N3/c1-13(2)5-7-15-8-6-14(3,4)17-11-9-16-10-12-17/h13,15-16H,5-12H2,1-4H3. The van der Waals surface area contributed by atoms with Crippen molar-refractivity contribution in [3.8, 4) is 0 Å². The Balaban J connectivity index is 2.15. The van der Waals surface area contributed by atoms with Gasteiger partial charge in [-0.3, -0.25) is 4.90 Å². The number of nitrogens with one attached hydrogen (secondary N) is 2. The highest BCUT2D eigenvalue weighted by Gasteiger charge is 2.26. The summed E-state index contributed by atoms with van der Waals surface area (Å²) in [6.07, 6.45) is 2.53. The summed E-state index contributed by atoms with van der Waals surface area (Å²) in [5, 5.41) is 6.99. The molecule has 0 aromatic heterocycles. The minimum absolute atomic E-state index is 0.340. The Morgan fingerprint density at radius 2 is 1.82 bits per heavy atom. The maximum atomic E-state index is 3.57. The first-order valence-corrected chi connectivity index (χ1v) is 7.19. The van der Waals surface area contributed by atoms with Crippen LogP contribution in [0.1, 0.15) is 40.5 Å². The molecule has 17 heavy (non-hydrogen) atoms. The lowest BCUT2D eigenvalue weighted by Gasteiger charge is -2.41. The third-order valence-corrected chi connectivity index (χ3v) is 3.79. The lowest BCUT2D eigenvalue weighted by molar-refractivity contribution is 0.0956. The highest BCUT2D eigenvalue weighted by molar-refractivity contribution is 4.85. The number of hydrogen-bond donors (Lipinski definition) is 2. The Morgan fingerprint density at radius 1 is 1.18 bits per heavy atom. The normalized spacial score (nSPS) is 18.9. The van der Waals surface area contributed by atoms with E-state index >= 15 is 0 Å². The Kier molecular flexibility index (Phi) is 6.45. The summed E-state index contributed by atoms with van der Waals surface area (Å²) >= 11 is 0. The van der Waals surface area contributed by atoms with Crippen molar-refractivity contribution in [2.45, 2.75) is 46.1 Å². The number of nitrogens with zero attached hydrogens (tertiary/aromatic N) is 1. The van der Waals surface area contributed by atoms with E-state index in [9.17, 15) is 0 Å². The highest BCUT2D eigenvalue weighted by Crippen LogP contribution is 2.18. The monoisotopic (exact) mass is 241 g/mol. The van der Waals surface area contributed by atoms with E-state index in [1.54, 1.807) is 0 Å². The predicted molar refractivity (Wildman–Crippen MR) is 75.5 cm³/mol. The quantitative estimate of drug-likeness (QED) is 0.664. The maximum Gasteiger partial charge on any atom is 0.0166 e. The summed E-state index contributed by atoms with van der Waals surface area (Å²) in [6.45, 7) is 16.3. The first-order valence-electron chi connectivity index (χ1n) is 7.19. The molecule has 0 aromatic rings. The average molecular weight is 241 g/mol. The van der Waals surface area contributed by atoms with Crippen molar-refractivity contribution in [2.75, 3.05) is 39.3 Å². The Labute approximate surface area is 107 Å². The van der Waals surface area contributed by atoms with Gasteiger partial charge in [0.2, 0.25) is 0 Å². The van der Waals surface area contributed by atoms with Gasteiger partial charge in [-0.1, -0.05) is 13.8 Å². The van der Waals surface area contributed by atoms with E-state index in [4.69, 9.17) is 0 Å². The molecule has 0 radical (unpaired) electrons. The van der Waals surface area contributed by atoms with Gasteiger partial charge in [-0.05, 0) is 45.7 Å². The second-order valence-electron chi connectivity index (χ2n) is 6.23. The Morgan fingerprint density at radius 3 is 2.41 bits per heavy atom. The molecule has 0 saturated carbocycles. The fraction of sp³-hybridized carbons (Fsp3) is 1.00. The van der Waals surface area contributed by atoms with Crippen LogP contribution >= 0.6 is 0 Å². The molecule has 1 aliphatic heterocycles. The summed E-state index contributed by atoms with van der Waals surface area (Å²) in [5.41, 5.74) is 0.340. The third kappa shape index (κ3) is 5.84. The first-order chi connectivity index (χ1) is 8.02. The van der Waals surface area contributed by atoms with E-state index in [0.29, 0.717) is 5.54 Å². The SMILES string of the molecule is CC(C)CCNCCC(C)(C)N1CCNCC1. The highest BCUT2D eigenvalue weighted by atomic mass is 15.2. The van der Waals surface area contributed by atoms with Crippen LogP contribution in [0.4, 0.5) is 0 Å². The summed E-state index contributed by atoms with van der Waals surface area (Å²) in [5.74, 6) is 0.809. The van der Waals surface area contributed by atoms with Crippen molar-refractivity contribution >= 4 is 0 Å². The predicted octanol–water partition coefficient (Wildman–Crippen LogP) is 1.70. The van der Waals surface area contributed by atoms with Gasteiger partial charge in [-0.25, -0.2) is 0 Å². The van der Waals surface area contributed by atoms with Crippen LogP contribution in [-0.4, -0.2) is 49.7 Å². The number of piperazine rings is 1. The Bertz CT molecular complexity index is 196. The van der Waals surface area contributed by atoms with Crippen LogP contribution in [0.5, 0.6) is 0 Å². The van der Waals surface area contributed by atoms with E-state index < -0.39 is 0 Å². The molecule has 3 heteroatoms. The van der Waals surface area contributed by atoms with Gasteiger partial charge < -0.3 is 10.6 Å². The van der Waals surface area contributed by atoms with Crippen LogP contribution in [-0.2, 0) is 0 Å². The second-order valence-corrected chi connectivity index (χ2v) is 6.23. The van der Waals surface area contributed by atoms with Crippen molar-refractivity contribution in [3.05, 3.63) is 0 Å². The van der Waals surface area contributed by atoms with Crippen LogP contribution in [0.25, 0.3) is 0 Å². The van der Waals surface area contributed by atoms with Crippen molar-refractivity contribution in [2.24, 2.45) is 5.92 Å². The molecule has 0 aliphatic carbocycles. The van der Waals surface area contributed by atoms with Gasteiger partial charge in [0.05, 0.1) is 0 Å². The molecule has 0 aromatic carbocycles. The molecule has 3 nitrogen and oxygen atoms in total. The molecule has 1 rings (SSSR count). The largest absolute Gasteiger partial charge is 0.317 e. The van der Waals surface area contributed by atoms with Crippen LogP contribution in [0.2, 0.25) is 0 Å². The van der Waals surface area contributed by atoms with Gasteiger partial charge in [0.1, 0.15) is 0 Å². The smallest absolute Gasteiger partial charge is 0.0166 e. The zero-order valence-electron chi connectivity index (χ0n) is 12.2. The molecule has 1 aliphatic rings. The van der Waals surface area contributed by atoms with Gasteiger partial charge in [-0.2, -0.15) is 0 Å². The van der Waals surface area contributed by atoms with Crippen molar-refractivity contribution in [1.82, 2.24) is 15.5 Å². The Hall–Kier alpha value is -0.120. The van der Waals surface area contributed by atoms with E-state index in [1.807, 2.05) is 0 Å². The van der Waals surface area contributed by atoms with Crippen molar-refractivity contribution < 1.29 is 0 Å². The topological polar surface area (TPSA) is 27.3 Å². The van der Waals surface area contributed by atoms with Gasteiger partial charge in [-0.15, -0.1) is 0 Å². The third-order valence-electron chi connectivity index (χ3n) is 3.79. The molecular formula is C14H31N3. The number of rotatable bonds is 7. The molecule has 102 valence electrons. The minimum Gasteiger partial charge on any atom is -0.317 e. The molecule has 1 heterocycles. The molecule has 1 saturated heterocycles. The van der Waals surface area contributed by atoms with E-state index in [0.717, 1.165) is 32.1 Å². The average Bonchev–Trinajstić information content (AvgIpc) is 2.29. The van der Waals surface area contributed by atoms with Crippen LogP contribution in [0, 0.1) is 5.92 Å². The zero-order valence-corrected chi connectivity index (χ0v) is 12.2. The number of hydrogen-bond acceptors (Lipinski definition) is 3. The molecule has 2 N–H and O–H groups in total. The fourth-order valence-corrected chi connectivity index (χ4v) is 2.34. The molecule has 0 amide bonds. The zero-order chi connectivity index (χ0) is 12.7. The van der Waals surface area contributed by atoms with Gasteiger partial charge in [0.15, 0.2) is 0 Å². The van der Waals surface area contributed by atoms with Crippen LogP contribution in [0.3, 0.4) is 0 Å². The summed E-state index contributed by atoms with van der Waals surface area (Å²) in [6, 6.07) is 0. The van der Waals surface area contributed by atoms with E-state index in [-0.39, 0.29) is 0 Å². The lowest BCUT2D eigenvalue weighted by Crippen LogP contribution is -2.54. The summed E-state index contributed by atoms with van der Waals surface area (Å²) in [7, 11) is 0. The summed E-state index contributed by atoms with van der Waals surface area (Å²) in [4.78, 5) is 2.62. The van der Waals surface area contributed by atoms with Gasteiger partial charge >= 0.3 is 0 Å². The molecule has 0 bridgehead atoms. The first kappa shape index (κ1) is 14.9. The van der Waals surface area contributed by atoms with Gasteiger partial charge in [0.25, 0.3) is 0 Å². The molecule has 0 unspecified atom stereocenters. The maximum absolute atomic E-state index is 3.57. The van der Waals surface area contributed by atoms with Crippen molar-refractivity contribution in [3.63, 3.8) is 0 Å². The molecule has 1 fully saturated rings. The molecular weight excluding hydrogens is 210 g/mol. The minimum atomic E-state index is 0.340. The molecule has 0 atom stereocenters. The molecule has 0 spiro atoms. The van der Waals surface area contributed by atoms with E-state index in [2.05, 4.69) is 43.2 Å². The fourth-order valence-electron chi connectivity index (χ4n) is 2.34. The van der Waals surface area contributed by atoms with Crippen LogP contribution in [0.15, 0.2) is 0 Å². The lowest BCUT2D eigenvalue weighted by atomic mass is 9.97. The second kappa shape index (κ2) is 7.34.